The summed E-state index contributed by atoms with van der Waals surface area (Å²) in [4.78, 5) is 2.50. The number of anilines is 3. The summed E-state index contributed by atoms with van der Waals surface area (Å²) in [5.41, 5.74) is 6.04. The largest absolute Gasteiger partial charge is 0.308 e. The third-order valence-corrected chi connectivity index (χ3v) is 10.8. The van der Waals surface area contributed by atoms with Crippen LogP contribution in [0.25, 0.3) is 62.2 Å². The molecule has 0 atom stereocenters. The van der Waals surface area contributed by atoms with Gasteiger partial charge in [0.2, 0.25) is 0 Å². The van der Waals surface area contributed by atoms with Crippen molar-refractivity contribution in [1.29, 1.82) is 0 Å². The van der Waals surface area contributed by atoms with Gasteiger partial charge in [0.05, 0.1) is 21.8 Å². The van der Waals surface area contributed by atoms with Crippen LogP contribution in [0.5, 0.6) is 0 Å². The number of para-hydroxylation sites is 1. The van der Waals surface area contributed by atoms with E-state index in [0.717, 1.165) is 0 Å². The summed E-state index contributed by atoms with van der Waals surface area (Å²) in [5, 5.41) is 7.72. The Hall–Kier alpha value is -4.96. The summed E-state index contributed by atoms with van der Waals surface area (Å²) in [6.45, 7) is 0. The maximum atomic E-state index is 2.50. The van der Waals surface area contributed by atoms with Crippen molar-refractivity contribution in [3.8, 4) is 11.1 Å². The van der Waals surface area contributed by atoms with Gasteiger partial charge < -0.3 is 4.90 Å². The zero-order chi connectivity index (χ0) is 28.3. The Labute approximate surface area is 257 Å². The Kier molecular flexibility index (Phi) is 5.62. The molecule has 9 rings (SSSR count). The van der Waals surface area contributed by atoms with Crippen molar-refractivity contribution in [2.24, 2.45) is 0 Å². The van der Waals surface area contributed by atoms with Crippen molar-refractivity contribution < 1.29 is 0 Å². The lowest BCUT2D eigenvalue weighted by molar-refractivity contribution is 1.32. The molecule has 0 saturated heterocycles. The van der Waals surface area contributed by atoms with E-state index in [2.05, 4.69) is 157 Å². The van der Waals surface area contributed by atoms with E-state index >= 15 is 0 Å². The first-order chi connectivity index (χ1) is 21.3. The topological polar surface area (TPSA) is 3.24 Å². The summed E-state index contributed by atoms with van der Waals surface area (Å²) in [5.74, 6) is 0. The smallest absolute Gasteiger partial charge is 0.0640 e. The predicted octanol–water partition coefficient (Wildman–Crippen LogP) is 12.7. The number of hydrogen-bond donors (Lipinski definition) is 0. The maximum absolute atomic E-state index is 2.50. The molecule has 0 aliphatic rings. The van der Waals surface area contributed by atoms with Crippen LogP contribution in [0.3, 0.4) is 0 Å². The van der Waals surface area contributed by atoms with Crippen LogP contribution in [0.1, 0.15) is 0 Å². The van der Waals surface area contributed by atoms with Crippen molar-refractivity contribution >= 4 is 90.9 Å². The minimum Gasteiger partial charge on any atom is -0.308 e. The van der Waals surface area contributed by atoms with E-state index in [9.17, 15) is 0 Å². The number of rotatable bonds is 4. The number of benzene rings is 7. The first kappa shape index (κ1) is 24.6. The summed E-state index contributed by atoms with van der Waals surface area (Å²) >= 11 is 3.75. The van der Waals surface area contributed by atoms with Crippen LogP contribution in [0.2, 0.25) is 0 Å². The standard InChI is InChI=1S/C40H25NS2/c1-2-14-27-26(12-1)13-9-21-33(27)41(35-22-10-19-31-29-16-4-7-23-36(29)43-40(31)35)34-20-6-3-15-28(34)30-18-11-25-38-39(30)32-17-5-8-24-37(32)42-38/h1-25H. The first-order valence-electron chi connectivity index (χ1n) is 14.5. The summed E-state index contributed by atoms with van der Waals surface area (Å²) in [6.07, 6.45) is 0. The van der Waals surface area contributed by atoms with Gasteiger partial charge in [0.15, 0.2) is 0 Å². The zero-order valence-corrected chi connectivity index (χ0v) is 24.8. The second-order valence-corrected chi connectivity index (χ2v) is 13.0. The predicted molar refractivity (Wildman–Crippen MR) is 190 cm³/mol. The highest BCUT2D eigenvalue weighted by atomic mass is 32.1. The van der Waals surface area contributed by atoms with Crippen LogP contribution >= 0.6 is 22.7 Å². The third kappa shape index (κ3) is 3.82. The number of thiophene rings is 2. The third-order valence-electron chi connectivity index (χ3n) is 8.47. The molecule has 43 heavy (non-hydrogen) atoms. The lowest BCUT2D eigenvalue weighted by Gasteiger charge is -2.29. The van der Waals surface area contributed by atoms with E-state index < -0.39 is 0 Å². The monoisotopic (exact) mass is 583 g/mol. The van der Waals surface area contributed by atoms with Crippen molar-refractivity contribution in [2.45, 2.75) is 0 Å². The van der Waals surface area contributed by atoms with Gasteiger partial charge in [0.25, 0.3) is 0 Å². The van der Waals surface area contributed by atoms with E-state index in [1.165, 1.54) is 79.3 Å². The maximum Gasteiger partial charge on any atom is 0.0640 e. The molecule has 0 N–H and O–H groups in total. The Balaban J connectivity index is 1.40. The summed E-state index contributed by atoms with van der Waals surface area (Å²) in [6, 6.07) is 55.4. The normalized spacial score (nSPS) is 11.7. The quantitative estimate of drug-likeness (QED) is 0.199. The number of fused-ring (bicyclic) bond motifs is 7. The molecule has 2 heterocycles. The molecule has 0 unspecified atom stereocenters. The van der Waals surface area contributed by atoms with Crippen LogP contribution in [0.15, 0.2) is 152 Å². The lowest BCUT2D eigenvalue weighted by atomic mass is 9.96. The Morgan fingerprint density at radius 1 is 0.349 bits per heavy atom. The summed E-state index contributed by atoms with van der Waals surface area (Å²) < 4.78 is 5.25. The molecular weight excluding hydrogens is 559 g/mol. The molecule has 3 heteroatoms. The number of nitrogens with zero attached hydrogens (tertiary/aromatic N) is 1. The minimum absolute atomic E-state index is 1.17. The fourth-order valence-electron chi connectivity index (χ4n) is 6.60. The van der Waals surface area contributed by atoms with Gasteiger partial charge in [-0.15, -0.1) is 22.7 Å². The average Bonchev–Trinajstić information content (AvgIpc) is 3.64. The molecule has 0 radical (unpaired) electrons. The van der Waals surface area contributed by atoms with E-state index in [4.69, 9.17) is 0 Å². The van der Waals surface area contributed by atoms with Gasteiger partial charge in [-0.3, -0.25) is 0 Å². The van der Waals surface area contributed by atoms with Gasteiger partial charge in [-0.05, 0) is 47.3 Å². The molecule has 0 spiro atoms. The second-order valence-electron chi connectivity index (χ2n) is 10.9. The van der Waals surface area contributed by atoms with Gasteiger partial charge in [-0.25, -0.2) is 0 Å². The highest BCUT2D eigenvalue weighted by molar-refractivity contribution is 7.26. The van der Waals surface area contributed by atoms with Gasteiger partial charge in [0, 0.05) is 46.6 Å². The molecule has 0 fully saturated rings. The van der Waals surface area contributed by atoms with Crippen molar-refractivity contribution in [2.75, 3.05) is 4.90 Å². The van der Waals surface area contributed by atoms with E-state index in [1.54, 1.807) is 0 Å². The molecule has 202 valence electrons. The second kappa shape index (κ2) is 9.81. The summed E-state index contributed by atoms with van der Waals surface area (Å²) in [7, 11) is 0. The Bertz CT molecular complexity index is 2480. The minimum atomic E-state index is 1.17. The molecular formula is C40H25NS2. The van der Waals surface area contributed by atoms with Crippen LogP contribution in [0, 0.1) is 0 Å². The SMILES string of the molecule is c1ccc(N(c2cccc3ccccc23)c2cccc3c2sc2ccccc23)c(-c2cccc3sc4ccccc4c23)c1. The lowest BCUT2D eigenvalue weighted by Crippen LogP contribution is -2.12. The highest BCUT2D eigenvalue weighted by Gasteiger charge is 2.23. The van der Waals surface area contributed by atoms with Gasteiger partial charge in [-0.2, -0.15) is 0 Å². The highest BCUT2D eigenvalue weighted by Crippen LogP contribution is 2.50. The van der Waals surface area contributed by atoms with Crippen LogP contribution in [-0.2, 0) is 0 Å². The fourth-order valence-corrected chi connectivity index (χ4v) is 8.93. The first-order valence-corrected chi connectivity index (χ1v) is 16.2. The molecule has 0 aliphatic carbocycles. The Morgan fingerprint density at radius 3 is 1.81 bits per heavy atom. The molecule has 0 amide bonds. The van der Waals surface area contributed by atoms with Gasteiger partial charge in [-0.1, -0.05) is 115 Å². The fraction of sp³-hybridized carbons (Fsp3) is 0. The molecule has 2 aromatic heterocycles. The molecule has 1 nitrogen and oxygen atoms in total. The van der Waals surface area contributed by atoms with Gasteiger partial charge in [0.1, 0.15) is 0 Å². The zero-order valence-electron chi connectivity index (χ0n) is 23.2. The van der Waals surface area contributed by atoms with Crippen molar-refractivity contribution in [3.63, 3.8) is 0 Å². The molecule has 0 bridgehead atoms. The number of hydrogen-bond acceptors (Lipinski definition) is 3. The molecule has 0 saturated carbocycles. The van der Waals surface area contributed by atoms with E-state index in [-0.39, 0.29) is 0 Å². The van der Waals surface area contributed by atoms with Crippen LogP contribution in [0.4, 0.5) is 17.1 Å². The van der Waals surface area contributed by atoms with Crippen LogP contribution in [-0.4, -0.2) is 0 Å². The molecule has 9 aromatic rings. The van der Waals surface area contributed by atoms with Gasteiger partial charge >= 0.3 is 0 Å². The van der Waals surface area contributed by atoms with E-state index in [0.29, 0.717) is 0 Å². The molecule has 7 aromatic carbocycles. The Morgan fingerprint density at radius 2 is 0.907 bits per heavy atom. The van der Waals surface area contributed by atoms with E-state index in [1.807, 2.05) is 22.7 Å². The van der Waals surface area contributed by atoms with Crippen LogP contribution < -0.4 is 4.90 Å². The molecule has 0 aliphatic heterocycles. The van der Waals surface area contributed by atoms with Crippen molar-refractivity contribution in [3.05, 3.63) is 152 Å². The van der Waals surface area contributed by atoms with Crippen molar-refractivity contribution in [1.82, 2.24) is 0 Å². The average molecular weight is 584 g/mol.